The van der Waals surface area contributed by atoms with Gasteiger partial charge >= 0.3 is 0 Å². The maximum absolute atomic E-state index is 12.8. The second-order valence-corrected chi connectivity index (χ2v) is 8.40. The highest BCUT2D eigenvalue weighted by atomic mass is 16.5. The van der Waals surface area contributed by atoms with Crippen LogP contribution in [0.25, 0.3) is 0 Å². The van der Waals surface area contributed by atoms with Gasteiger partial charge in [-0.15, -0.1) is 0 Å². The number of carbonyl (C=O) groups excluding carboxylic acids is 2. The number of piperidine rings is 1. The maximum Gasteiger partial charge on any atom is 0.233 e. The lowest BCUT2D eigenvalue weighted by Crippen LogP contribution is -2.40. The van der Waals surface area contributed by atoms with Crippen LogP contribution in [0.2, 0.25) is 0 Å². The number of anilines is 1. The van der Waals surface area contributed by atoms with Crippen molar-refractivity contribution < 1.29 is 19.1 Å². The molecule has 32 heavy (non-hydrogen) atoms. The molecule has 2 amide bonds. The standard InChI is InChI=1S/C24H30N4O4/c1-16-20-13-22(30)28(14-17-6-8-19(32-3)9-7-17)24(20)26-23(25-16)18-5-4-11-27(15-18)21(29)10-12-31-2/h6-9,18H,4-5,10-15H2,1-3H3. The number of aryl methyl sites for hydroxylation is 1. The summed E-state index contributed by atoms with van der Waals surface area (Å²) in [6.45, 7) is 4.19. The second kappa shape index (κ2) is 9.65. The van der Waals surface area contributed by atoms with Crippen molar-refractivity contribution in [1.82, 2.24) is 14.9 Å². The second-order valence-electron chi connectivity index (χ2n) is 8.40. The zero-order chi connectivity index (χ0) is 22.7. The lowest BCUT2D eigenvalue weighted by atomic mass is 9.96. The van der Waals surface area contributed by atoms with Gasteiger partial charge in [0.1, 0.15) is 17.4 Å². The van der Waals surface area contributed by atoms with Crippen molar-refractivity contribution in [3.05, 3.63) is 46.9 Å². The quantitative estimate of drug-likeness (QED) is 0.661. The van der Waals surface area contributed by atoms with E-state index in [-0.39, 0.29) is 17.7 Å². The fourth-order valence-electron chi connectivity index (χ4n) is 4.42. The minimum absolute atomic E-state index is 0.0328. The average molecular weight is 439 g/mol. The summed E-state index contributed by atoms with van der Waals surface area (Å²) in [6.07, 6.45) is 2.55. The summed E-state index contributed by atoms with van der Waals surface area (Å²) in [5, 5.41) is 0. The van der Waals surface area contributed by atoms with E-state index in [0.29, 0.717) is 38.4 Å². The Morgan fingerprint density at radius 2 is 1.97 bits per heavy atom. The minimum Gasteiger partial charge on any atom is -0.497 e. The molecule has 4 rings (SSSR count). The summed E-state index contributed by atoms with van der Waals surface area (Å²) < 4.78 is 10.3. The number of hydrogen-bond acceptors (Lipinski definition) is 6. The van der Waals surface area contributed by atoms with Crippen LogP contribution in [-0.2, 0) is 27.3 Å². The number of likely N-dealkylation sites (tertiary alicyclic amines) is 1. The Hall–Kier alpha value is -3.00. The van der Waals surface area contributed by atoms with Crippen LogP contribution in [-0.4, -0.2) is 60.6 Å². The SMILES string of the molecule is COCCC(=O)N1CCCC(c2nc(C)c3c(n2)N(Cc2ccc(OC)cc2)C(=O)C3)C1. The van der Waals surface area contributed by atoms with Gasteiger partial charge in [0.15, 0.2) is 0 Å². The molecule has 170 valence electrons. The maximum atomic E-state index is 12.8. The molecule has 2 aliphatic heterocycles. The Bertz CT molecular complexity index is 992. The highest BCUT2D eigenvalue weighted by Gasteiger charge is 2.34. The molecule has 1 unspecified atom stereocenters. The first-order chi connectivity index (χ1) is 15.5. The Morgan fingerprint density at radius 1 is 1.19 bits per heavy atom. The van der Waals surface area contributed by atoms with Gasteiger partial charge in [-0.05, 0) is 37.5 Å². The third kappa shape index (κ3) is 4.60. The van der Waals surface area contributed by atoms with Gasteiger partial charge in [0.05, 0.1) is 33.1 Å². The van der Waals surface area contributed by atoms with Crippen LogP contribution in [0.4, 0.5) is 5.82 Å². The number of amides is 2. The van der Waals surface area contributed by atoms with E-state index in [4.69, 9.17) is 19.4 Å². The van der Waals surface area contributed by atoms with Gasteiger partial charge in [0.2, 0.25) is 11.8 Å². The number of fused-ring (bicyclic) bond motifs is 1. The van der Waals surface area contributed by atoms with Gasteiger partial charge in [-0.25, -0.2) is 9.97 Å². The third-order valence-electron chi connectivity index (χ3n) is 6.25. The number of rotatable bonds is 7. The van der Waals surface area contributed by atoms with Crippen molar-refractivity contribution in [3.8, 4) is 5.75 Å². The molecule has 8 nitrogen and oxygen atoms in total. The molecule has 2 aromatic rings. The van der Waals surface area contributed by atoms with Crippen molar-refractivity contribution in [3.63, 3.8) is 0 Å². The van der Waals surface area contributed by atoms with Gasteiger partial charge in [0, 0.05) is 37.4 Å². The van der Waals surface area contributed by atoms with Crippen molar-refractivity contribution in [1.29, 1.82) is 0 Å². The zero-order valence-electron chi connectivity index (χ0n) is 19.0. The molecule has 1 aromatic heterocycles. The van der Waals surface area contributed by atoms with Gasteiger partial charge in [-0.3, -0.25) is 14.5 Å². The lowest BCUT2D eigenvalue weighted by Gasteiger charge is -2.32. The number of hydrogen-bond donors (Lipinski definition) is 0. The van der Waals surface area contributed by atoms with Crippen LogP contribution in [0.5, 0.6) is 5.75 Å². The summed E-state index contributed by atoms with van der Waals surface area (Å²) in [5.41, 5.74) is 2.76. The van der Waals surface area contributed by atoms with Crippen LogP contribution < -0.4 is 9.64 Å². The van der Waals surface area contributed by atoms with E-state index in [1.165, 1.54) is 0 Å². The number of nitrogens with zero attached hydrogens (tertiary/aromatic N) is 4. The van der Waals surface area contributed by atoms with Crippen molar-refractivity contribution in [2.24, 2.45) is 0 Å². The molecule has 0 aliphatic carbocycles. The van der Waals surface area contributed by atoms with E-state index in [1.807, 2.05) is 36.1 Å². The van der Waals surface area contributed by atoms with E-state index >= 15 is 0 Å². The molecule has 2 aliphatic rings. The number of benzene rings is 1. The Morgan fingerprint density at radius 3 is 2.69 bits per heavy atom. The number of methoxy groups -OCH3 is 2. The molecular weight excluding hydrogens is 408 g/mol. The summed E-state index contributed by atoms with van der Waals surface area (Å²) in [7, 11) is 3.24. The van der Waals surface area contributed by atoms with E-state index in [1.54, 1.807) is 19.1 Å². The van der Waals surface area contributed by atoms with Crippen LogP contribution >= 0.6 is 0 Å². The Kier molecular flexibility index (Phi) is 6.69. The highest BCUT2D eigenvalue weighted by Crippen LogP contribution is 2.33. The molecule has 8 heteroatoms. The first-order valence-corrected chi connectivity index (χ1v) is 11.1. The van der Waals surface area contributed by atoms with Gasteiger partial charge in [0.25, 0.3) is 0 Å². The molecule has 1 aromatic carbocycles. The van der Waals surface area contributed by atoms with Crippen molar-refractivity contribution >= 4 is 17.6 Å². The number of aromatic nitrogens is 2. The van der Waals surface area contributed by atoms with Crippen molar-refractivity contribution in [2.45, 2.75) is 45.1 Å². The number of ether oxygens (including phenoxy) is 2. The highest BCUT2D eigenvalue weighted by molar-refractivity contribution is 6.00. The van der Waals surface area contributed by atoms with Crippen LogP contribution in [0.1, 0.15) is 47.8 Å². The largest absolute Gasteiger partial charge is 0.497 e. The van der Waals surface area contributed by atoms with E-state index in [2.05, 4.69) is 0 Å². The zero-order valence-corrected chi connectivity index (χ0v) is 19.0. The molecule has 3 heterocycles. The summed E-state index contributed by atoms with van der Waals surface area (Å²) in [6, 6.07) is 7.71. The minimum atomic E-state index is 0.0328. The van der Waals surface area contributed by atoms with Gasteiger partial charge < -0.3 is 14.4 Å². The lowest BCUT2D eigenvalue weighted by molar-refractivity contribution is -0.133. The molecule has 0 bridgehead atoms. The van der Waals surface area contributed by atoms with Crippen molar-refractivity contribution in [2.75, 3.05) is 38.8 Å². The predicted octanol–water partition coefficient (Wildman–Crippen LogP) is 2.63. The summed E-state index contributed by atoms with van der Waals surface area (Å²) in [4.78, 5) is 38.5. The molecule has 0 saturated carbocycles. The van der Waals surface area contributed by atoms with Crippen LogP contribution in [0, 0.1) is 6.92 Å². The van der Waals surface area contributed by atoms with Gasteiger partial charge in [-0.1, -0.05) is 12.1 Å². The Balaban J connectivity index is 1.55. The Labute approximate surface area is 188 Å². The summed E-state index contributed by atoms with van der Waals surface area (Å²) in [5.74, 6) is 2.41. The average Bonchev–Trinajstić information content (AvgIpc) is 3.13. The molecule has 0 radical (unpaired) electrons. The summed E-state index contributed by atoms with van der Waals surface area (Å²) >= 11 is 0. The third-order valence-corrected chi connectivity index (χ3v) is 6.25. The topological polar surface area (TPSA) is 84.9 Å². The van der Waals surface area contributed by atoms with E-state index < -0.39 is 0 Å². The molecule has 1 atom stereocenters. The molecular formula is C24H30N4O4. The monoisotopic (exact) mass is 438 g/mol. The normalized spacial score (nSPS) is 18.1. The predicted molar refractivity (Wildman–Crippen MR) is 120 cm³/mol. The van der Waals surface area contributed by atoms with Crippen LogP contribution in [0.15, 0.2) is 24.3 Å². The fourth-order valence-corrected chi connectivity index (χ4v) is 4.42. The van der Waals surface area contributed by atoms with Crippen LogP contribution in [0.3, 0.4) is 0 Å². The number of carbonyl (C=O) groups is 2. The molecule has 0 N–H and O–H groups in total. The molecule has 0 spiro atoms. The van der Waals surface area contributed by atoms with E-state index in [9.17, 15) is 9.59 Å². The first-order valence-electron chi connectivity index (χ1n) is 11.1. The smallest absolute Gasteiger partial charge is 0.233 e. The van der Waals surface area contributed by atoms with E-state index in [0.717, 1.165) is 47.8 Å². The first kappa shape index (κ1) is 22.2. The fraction of sp³-hybridized carbons (Fsp3) is 0.500. The molecule has 1 fully saturated rings. The van der Waals surface area contributed by atoms with Gasteiger partial charge in [-0.2, -0.15) is 0 Å². The molecule has 1 saturated heterocycles.